The number of aromatic nitrogens is 2. The Morgan fingerprint density at radius 3 is 2.83 bits per heavy atom. The molecule has 0 saturated carbocycles. The van der Waals surface area contributed by atoms with Gasteiger partial charge in [-0.25, -0.2) is 0 Å². The SMILES string of the molecule is COc1cc(NCC(=O)NCC(C)C)nc(N)n1. The third-order valence-corrected chi connectivity index (χ3v) is 2.07. The molecule has 4 N–H and O–H groups in total. The molecule has 0 aliphatic carbocycles. The number of nitrogen functional groups attached to an aromatic ring is 1. The molecule has 0 atom stereocenters. The van der Waals surface area contributed by atoms with Crippen LogP contribution >= 0.6 is 0 Å². The Morgan fingerprint density at radius 2 is 2.22 bits per heavy atom. The van der Waals surface area contributed by atoms with Crippen LogP contribution in [0, 0.1) is 5.92 Å². The molecule has 7 nitrogen and oxygen atoms in total. The highest BCUT2D eigenvalue weighted by Gasteiger charge is 2.05. The zero-order valence-corrected chi connectivity index (χ0v) is 10.9. The average Bonchev–Trinajstić information content (AvgIpc) is 2.33. The Kier molecular flexibility index (Phi) is 5.16. The molecule has 0 radical (unpaired) electrons. The summed E-state index contributed by atoms with van der Waals surface area (Å²) < 4.78 is 4.95. The van der Waals surface area contributed by atoms with E-state index < -0.39 is 0 Å². The van der Waals surface area contributed by atoms with Crippen LogP contribution in [-0.2, 0) is 4.79 Å². The highest BCUT2D eigenvalue weighted by atomic mass is 16.5. The largest absolute Gasteiger partial charge is 0.481 e. The van der Waals surface area contributed by atoms with E-state index in [9.17, 15) is 4.79 Å². The second-order valence-electron chi connectivity index (χ2n) is 4.21. The van der Waals surface area contributed by atoms with Crippen molar-refractivity contribution in [3.05, 3.63) is 6.07 Å². The second-order valence-corrected chi connectivity index (χ2v) is 4.21. The van der Waals surface area contributed by atoms with Crippen molar-refractivity contribution >= 4 is 17.7 Å². The Morgan fingerprint density at radius 1 is 1.50 bits per heavy atom. The Labute approximate surface area is 106 Å². The van der Waals surface area contributed by atoms with Crippen LogP contribution in [0.4, 0.5) is 11.8 Å². The monoisotopic (exact) mass is 253 g/mol. The van der Waals surface area contributed by atoms with Crippen LogP contribution in [0.15, 0.2) is 6.07 Å². The van der Waals surface area contributed by atoms with Gasteiger partial charge in [0.25, 0.3) is 0 Å². The summed E-state index contributed by atoms with van der Waals surface area (Å²) in [5, 5.41) is 5.65. The van der Waals surface area contributed by atoms with Gasteiger partial charge in [0, 0.05) is 12.6 Å². The molecule has 18 heavy (non-hydrogen) atoms. The lowest BCUT2D eigenvalue weighted by Crippen LogP contribution is -2.32. The minimum Gasteiger partial charge on any atom is -0.481 e. The molecule has 0 aromatic carbocycles. The van der Waals surface area contributed by atoms with Crippen molar-refractivity contribution in [2.45, 2.75) is 13.8 Å². The van der Waals surface area contributed by atoms with Crippen molar-refractivity contribution in [3.8, 4) is 5.88 Å². The normalized spacial score (nSPS) is 10.2. The molecular formula is C11H19N5O2. The van der Waals surface area contributed by atoms with E-state index in [1.54, 1.807) is 6.07 Å². The van der Waals surface area contributed by atoms with Crippen LogP contribution in [0.3, 0.4) is 0 Å². The van der Waals surface area contributed by atoms with Gasteiger partial charge in [-0.2, -0.15) is 9.97 Å². The number of nitrogens with zero attached hydrogens (tertiary/aromatic N) is 2. The summed E-state index contributed by atoms with van der Waals surface area (Å²) in [5.74, 6) is 1.23. The van der Waals surface area contributed by atoms with Crippen LogP contribution in [0.2, 0.25) is 0 Å². The van der Waals surface area contributed by atoms with E-state index in [4.69, 9.17) is 10.5 Å². The quantitative estimate of drug-likeness (QED) is 0.671. The molecule has 0 unspecified atom stereocenters. The van der Waals surface area contributed by atoms with Gasteiger partial charge in [0.15, 0.2) is 0 Å². The fourth-order valence-electron chi connectivity index (χ4n) is 1.19. The molecule has 1 aromatic heterocycles. The fourth-order valence-corrected chi connectivity index (χ4v) is 1.19. The van der Waals surface area contributed by atoms with Crippen LogP contribution in [0.5, 0.6) is 5.88 Å². The van der Waals surface area contributed by atoms with E-state index in [1.807, 2.05) is 13.8 Å². The highest BCUT2D eigenvalue weighted by molar-refractivity contribution is 5.80. The first-order valence-corrected chi connectivity index (χ1v) is 5.70. The third-order valence-electron chi connectivity index (χ3n) is 2.07. The molecular weight excluding hydrogens is 234 g/mol. The van der Waals surface area contributed by atoms with Gasteiger partial charge >= 0.3 is 0 Å². The fraction of sp³-hybridized carbons (Fsp3) is 0.545. The number of amides is 1. The van der Waals surface area contributed by atoms with Gasteiger partial charge < -0.3 is 21.1 Å². The van der Waals surface area contributed by atoms with E-state index in [1.165, 1.54) is 7.11 Å². The van der Waals surface area contributed by atoms with Gasteiger partial charge in [0.05, 0.1) is 13.7 Å². The second kappa shape index (κ2) is 6.63. The van der Waals surface area contributed by atoms with Gasteiger partial charge in [-0.3, -0.25) is 4.79 Å². The first-order valence-electron chi connectivity index (χ1n) is 5.70. The molecule has 7 heteroatoms. The van der Waals surface area contributed by atoms with E-state index in [0.29, 0.717) is 24.2 Å². The maximum absolute atomic E-state index is 11.5. The number of hydrogen-bond donors (Lipinski definition) is 3. The Hall–Kier alpha value is -2.05. The van der Waals surface area contributed by atoms with Crippen molar-refractivity contribution < 1.29 is 9.53 Å². The summed E-state index contributed by atoms with van der Waals surface area (Å²) >= 11 is 0. The first kappa shape index (κ1) is 14.0. The van der Waals surface area contributed by atoms with Gasteiger partial charge in [0.1, 0.15) is 5.82 Å². The molecule has 0 saturated heterocycles. The number of rotatable bonds is 6. The van der Waals surface area contributed by atoms with Crippen LogP contribution in [0.1, 0.15) is 13.8 Å². The number of anilines is 2. The molecule has 1 aromatic rings. The lowest BCUT2D eigenvalue weighted by Gasteiger charge is -2.09. The molecule has 0 aliphatic rings. The Balaban J connectivity index is 2.47. The van der Waals surface area contributed by atoms with E-state index in [2.05, 4.69) is 20.6 Å². The summed E-state index contributed by atoms with van der Waals surface area (Å²) in [6, 6.07) is 1.58. The van der Waals surface area contributed by atoms with Gasteiger partial charge in [0.2, 0.25) is 17.7 Å². The van der Waals surface area contributed by atoms with Crippen molar-refractivity contribution in [2.75, 3.05) is 31.2 Å². The van der Waals surface area contributed by atoms with Gasteiger partial charge in [-0.15, -0.1) is 0 Å². The number of nitrogens with one attached hydrogen (secondary N) is 2. The van der Waals surface area contributed by atoms with Crippen molar-refractivity contribution in [1.82, 2.24) is 15.3 Å². The molecule has 0 fully saturated rings. The summed E-state index contributed by atoms with van der Waals surface area (Å²) in [7, 11) is 1.49. The van der Waals surface area contributed by atoms with E-state index in [-0.39, 0.29) is 18.4 Å². The van der Waals surface area contributed by atoms with Gasteiger partial charge in [-0.1, -0.05) is 13.8 Å². The minimum atomic E-state index is -0.0974. The van der Waals surface area contributed by atoms with Crippen molar-refractivity contribution in [1.29, 1.82) is 0 Å². The van der Waals surface area contributed by atoms with Crippen molar-refractivity contribution in [3.63, 3.8) is 0 Å². The summed E-state index contributed by atoms with van der Waals surface area (Å²) in [4.78, 5) is 19.3. The van der Waals surface area contributed by atoms with E-state index >= 15 is 0 Å². The lowest BCUT2D eigenvalue weighted by atomic mass is 10.2. The average molecular weight is 253 g/mol. The summed E-state index contributed by atoms with van der Waals surface area (Å²) in [6.07, 6.45) is 0. The molecule has 1 rings (SSSR count). The molecule has 0 spiro atoms. The third kappa shape index (κ3) is 4.86. The molecule has 0 aliphatic heterocycles. The van der Waals surface area contributed by atoms with Gasteiger partial charge in [-0.05, 0) is 5.92 Å². The number of carbonyl (C=O) groups excluding carboxylic acids is 1. The number of carbonyl (C=O) groups is 1. The Bertz CT molecular complexity index is 408. The smallest absolute Gasteiger partial charge is 0.239 e. The summed E-state index contributed by atoms with van der Waals surface area (Å²) in [6.45, 7) is 4.84. The predicted molar refractivity (Wildman–Crippen MR) is 69.3 cm³/mol. The topological polar surface area (TPSA) is 102 Å². The summed E-state index contributed by atoms with van der Waals surface area (Å²) in [5.41, 5.74) is 5.50. The molecule has 0 bridgehead atoms. The van der Waals surface area contributed by atoms with Crippen LogP contribution < -0.4 is 21.1 Å². The molecule has 1 heterocycles. The standard InChI is InChI=1S/C11H19N5O2/c1-7(2)5-14-9(17)6-13-8-4-10(18-3)16-11(12)15-8/h4,7H,5-6H2,1-3H3,(H,14,17)(H3,12,13,15,16). The number of ether oxygens (including phenoxy) is 1. The number of methoxy groups -OCH3 is 1. The minimum absolute atomic E-state index is 0.0967. The highest BCUT2D eigenvalue weighted by Crippen LogP contribution is 2.13. The maximum atomic E-state index is 11.5. The zero-order chi connectivity index (χ0) is 13.5. The van der Waals surface area contributed by atoms with Crippen molar-refractivity contribution in [2.24, 2.45) is 5.92 Å². The predicted octanol–water partition coefficient (Wildman–Crippen LogP) is 0.252. The molecule has 1 amide bonds. The number of hydrogen-bond acceptors (Lipinski definition) is 6. The zero-order valence-electron chi connectivity index (χ0n) is 10.9. The van der Waals surface area contributed by atoms with Crippen LogP contribution in [-0.4, -0.2) is 36.1 Å². The maximum Gasteiger partial charge on any atom is 0.239 e. The first-order chi connectivity index (χ1) is 8.51. The van der Waals surface area contributed by atoms with Crippen LogP contribution in [0.25, 0.3) is 0 Å². The van der Waals surface area contributed by atoms with E-state index in [0.717, 1.165) is 0 Å². The molecule has 100 valence electrons. The number of nitrogens with two attached hydrogens (primary N) is 1. The lowest BCUT2D eigenvalue weighted by molar-refractivity contribution is -0.119.